The predicted octanol–water partition coefficient (Wildman–Crippen LogP) is 3.94. The summed E-state index contributed by atoms with van der Waals surface area (Å²) in [6.07, 6.45) is 4.43. The van der Waals surface area contributed by atoms with Crippen molar-refractivity contribution >= 4 is 35.8 Å². The van der Waals surface area contributed by atoms with Gasteiger partial charge in [0.15, 0.2) is 5.96 Å². The van der Waals surface area contributed by atoms with Gasteiger partial charge in [0.1, 0.15) is 5.82 Å². The molecule has 0 amide bonds. The molecule has 2 N–H and O–H groups in total. The van der Waals surface area contributed by atoms with Crippen molar-refractivity contribution in [3.05, 3.63) is 59.8 Å². The van der Waals surface area contributed by atoms with E-state index < -0.39 is 0 Å². The van der Waals surface area contributed by atoms with E-state index in [0.29, 0.717) is 0 Å². The van der Waals surface area contributed by atoms with E-state index in [-0.39, 0.29) is 29.4 Å². The van der Waals surface area contributed by atoms with Crippen molar-refractivity contribution in [1.29, 1.82) is 0 Å². The second-order valence-corrected chi connectivity index (χ2v) is 7.75. The van der Waals surface area contributed by atoms with Gasteiger partial charge in [0.25, 0.3) is 0 Å². The Bertz CT molecular complexity index is 755. The molecule has 152 valence electrons. The van der Waals surface area contributed by atoms with Gasteiger partial charge in [-0.1, -0.05) is 44.2 Å². The average molecular weight is 493 g/mol. The minimum absolute atomic E-state index is 0. The largest absolute Gasteiger partial charge is 0.357 e. The minimum atomic E-state index is 0. The van der Waals surface area contributed by atoms with Gasteiger partial charge in [0, 0.05) is 44.8 Å². The summed E-state index contributed by atoms with van der Waals surface area (Å²) >= 11 is 0. The normalized spacial score (nSPS) is 14.5. The van der Waals surface area contributed by atoms with Crippen molar-refractivity contribution in [2.45, 2.75) is 38.6 Å². The summed E-state index contributed by atoms with van der Waals surface area (Å²) in [5, 5.41) is 6.88. The highest BCUT2D eigenvalue weighted by atomic mass is 127. The van der Waals surface area contributed by atoms with Crippen LogP contribution in [0.1, 0.15) is 37.8 Å². The maximum Gasteiger partial charge on any atom is 0.191 e. The van der Waals surface area contributed by atoms with Gasteiger partial charge in [-0.15, -0.1) is 24.0 Å². The van der Waals surface area contributed by atoms with Crippen molar-refractivity contribution in [3.63, 3.8) is 0 Å². The Morgan fingerprint density at radius 2 is 1.82 bits per heavy atom. The van der Waals surface area contributed by atoms with E-state index in [1.807, 2.05) is 13.2 Å². The molecule has 1 fully saturated rings. The number of aliphatic imine (C=N–C) groups is 1. The van der Waals surface area contributed by atoms with Gasteiger partial charge in [-0.25, -0.2) is 4.98 Å². The first-order valence-electron chi connectivity index (χ1n) is 9.78. The molecule has 0 aliphatic carbocycles. The lowest BCUT2D eigenvalue weighted by Gasteiger charge is -2.26. The quantitative estimate of drug-likeness (QED) is 0.364. The smallest absolute Gasteiger partial charge is 0.191 e. The molecule has 0 bridgehead atoms. The number of halogens is 1. The zero-order chi connectivity index (χ0) is 19.1. The number of benzene rings is 1. The predicted molar refractivity (Wildman–Crippen MR) is 129 cm³/mol. The Labute approximate surface area is 186 Å². The Kier molecular flexibility index (Phi) is 8.54. The molecule has 0 unspecified atom stereocenters. The summed E-state index contributed by atoms with van der Waals surface area (Å²) in [6.45, 7) is 8.26. The number of hydrogen-bond acceptors (Lipinski definition) is 3. The van der Waals surface area contributed by atoms with Crippen molar-refractivity contribution < 1.29 is 0 Å². The first-order chi connectivity index (χ1) is 13.1. The molecule has 6 heteroatoms. The summed E-state index contributed by atoms with van der Waals surface area (Å²) in [5.41, 5.74) is 2.56. The number of hydrogen-bond donors (Lipinski definition) is 2. The molecule has 0 spiro atoms. The minimum Gasteiger partial charge on any atom is -0.357 e. The maximum absolute atomic E-state index is 4.52. The second-order valence-electron chi connectivity index (χ2n) is 7.75. The third kappa shape index (κ3) is 6.09. The van der Waals surface area contributed by atoms with Gasteiger partial charge in [-0.05, 0) is 36.1 Å². The molecule has 0 atom stereocenters. The van der Waals surface area contributed by atoms with E-state index in [2.05, 4.69) is 81.8 Å². The number of rotatable bonds is 6. The fraction of sp³-hybridized carbons (Fsp3) is 0.455. The van der Waals surface area contributed by atoms with Gasteiger partial charge < -0.3 is 15.5 Å². The fourth-order valence-corrected chi connectivity index (χ4v) is 3.39. The third-order valence-electron chi connectivity index (χ3n) is 5.18. The Hall–Kier alpha value is -1.83. The van der Waals surface area contributed by atoms with Crippen molar-refractivity contribution in [2.75, 3.05) is 31.6 Å². The monoisotopic (exact) mass is 493 g/mol. The van der Waals surface area contributed by atoms with Gasteiger partial charge >= 0.3 is 0 Å². The van der Waals surface area contributed by atoms with E-state index in [1.54, 1.807) is 0 Å². The molecule has 1 saturated heterocycles. The molecule has 1 aromatic carbocycles. The van der Waals surface area contributed by atoms with Crippen LogP contribution in [0.5, 0.6) is 0 Å². The van der Waals surface area contributed by atoms with E-state index >= 15 is 0 Å². The highest BCUT2D eigenvalue weighted by molar-refractivity contribution is 14.0. The van der Waals surface area contributed by atoms with E-state index in [9.17, 15) is 0 Å². The summed E-state index contributed by atoms with van der Waals surface area (Å²) < 4.78 is 0. The Balaban J connectivity index is 0.00000280. The van der Waals surface area contributed by atoms with Crippen LogP contribution in [0.25, 0.3) is 0 Å². The molecular formula is C22H32IN5. The molecule has 0 radical (unpaired) electrons. The number of nitrogens with one attached hydrogen (secondary N) is 2. The van der Waals surface area contributed by atoms with Crippen molar-refractivity contribution in [2.24, 2.45) is 4.99 Å². The summed E-state index contributed by atoms with van der Waals surface area (Å²) in [7, 11) is 1.81. The molecule has 1 aliphatic heterocycles. The van der Waals surface area contributed by atoms with Crippen LogP contribution in [0.3, 0.4) is 0 Å². The van der Waals surface area contributed by atoms with Crippen LogP contribution in [0.15, 0.2) is 53.7 Å². The lowest BCUT2D eigenvalue weighted by Crippen LogP contribution is -2.43. The van der Waals surface area contributed by atoms with Crippen LogP contribution in [0.4, 0.5) is 5.82 Å². The van der Waals surface area contributed by atoms with E-state index in [1.165, 1.54) is 24.0 Å². The van der Waals surface area contributed by atoms with Crippen molar-refractivity contribution in [3.8, 4) is 0 Å². The lowest BCUT2D eigenvalue weighted by atomic mass is 9.85. The number of pyridine rings is 1. The highest BCUT2D eigenvalue weighted by Crippen LogP contribution is 2.21. The number of guanidine groups is 1. The van der Waals surface area contributed by atoms with Crippen LogP contribution >= 0.6 is 24.0 Å². The topological polar surface area (TPSA) is 52.6 Å². The molecule has 2 heterocycles. The van der Waals surface area contributed by atoms with Gasteiger partial charge in [-0.3, -0.25) is 4.99 Å². The molecule has 5 nitrogen and oxygen atoms in total. The van der Waals surface area contributed by atoms with Crippen molar-refractivity contribution in [1.82, 2.24) is 15.6 Å². The van der Waals surface area contributed by atoms with E-state index in [4.69, 9.17) is 0 Å². The first kappa shape index (κ1) is 22.5. The third-order valence-corrected chi connectivity index (χ3v) is 5.18. The molecule has 1 aliphatic rings. The number of aromatic nitrogens is 1. The number of anilines is 1. The molecule has 1 aromatic heterocycles. The van der Waals surface area contributed by atoms with E-state index in [0.717, 1.165) is 38.0 Å². The van der Waals surface area contributed by atoms with Crippen LogP contribution in [-0.4, -0.2) is 37.6 Å². The summed E-state index contributed by atoms with van der Waals surface area (Å²) in [6, 6.07) is 14.8. The summed E-state index contributed by atoms with van der Waals surface area (Å²) in [4.78, 5) is 11.3. The molecule has 2 aromatic rings. The molecular weight excluding hydrogens is 461 g/mol. The fourth-order valence-electron chi connectivity index (χ4n) is 3.39. The van der Waals surface area contributed by atoms with Gasteiger partial charge in [-0.2, -0.15) is 0 Å². The molecule has 28 heavy (non-hydrogen) atoms. The highest BCUT2D eigenvalue weighted by Gasteiger charge is 2.20. The Morgan fingerprint density at radius 1 is 1.11 bits per heavy atom. The van der Waals surface area contributed by atoms with Crippen LogP contribution < -0.4 is 15.5 Å². The molecule has 3 rings (SSSR count). The Morgan fingerprint density at radius 3 is 2.50 bits per heavy atom. The number of nitrogens with zero attached hydrogens (tertiary/aromatic N) is 3. The van der Waals surface area contributed by atoms with Crippen LogP contribution in [0.2, 0.25) is 0 Å². The van der Waals surface area contributed by atoms with Crippen LogP contribution in [0, 0.1) is 0 Å². The SMILES string of the molecule is CN=C(NCc1ccnc(N2CCCC2)c1)NCC(C)(C)c1ccccc1.I. The zero-order valence-corrected chi connectivity index (χ0v) is 19.4. The zero-order valence-electron chi connectivity index (χ0n) is 17.1. The second kappa shape index (κ2) is 10.6. The van der Waals surface area contributed by atoms with Crippen LogP contribution in [-0.2, 0) is 12.0 Å². The molecule has 0 saturated carbocycles. The average Bonchev–Trinajstić information content (AvgIpc) is 3.24. The lowest BCUT2D eigenvalue weighted by molar-refractivity contribution is 0.508. The standard InChI is InChI=1S/C22H31N5.HI/c1-22(2,19-9-5-4-6-10-19)17-26-21(23-3)25-16-18-11-12-24-20(15-18)27-13-7-8-14-27;/h4-6,9-12,15H,7-8,13-14,16-17H2,1-3H3,(H2,23,25,26);1H. The van der Waals surface area contributed by atoms with Gasteiger partial charge in [0.2, 0.25) is 0 Å². The van der Waals surface area contributed by atoms with Gasteiger partial charge in [0.05, 0.1) is 0 Å². The summed E-state index contributed by atoms with van der Waals surface area (Å²) in [5.74, 6) is 1.90. The first-order valence-corrected chi connectivity index (χ1v) is 9.78. The maximum atomic E-state index is 4.52.